The van der Waals surface area contributed by atoms with E-state index in [4.69, 9.17) is 0 Å². The molecule has 3 rings (SSSR count). The topological polar surface area (TPSA) is 124 Å². The van der Waals surface area contributed by atoms with Crippen molar-refractivity contribution in [3.8, 4) is 11.6 Å². The second kappa shape index (κ2) is 11.8. The lowest BCUT2D eigenvalue weighted by atomic mass is 10.1. The van der Waals surface area contributed by atoms with Crippen LogP contribution in [0.5, 0.6) is 5.88 Å². The maximum absolute atomic E-state index is 12.8. The number of amides is 2. The summed E-state index contributed by atoms with van der Waals surface area (Å²) in [6, 6.07) is 8.35. The Morgan fingerprint density at radius 1 is 0.972 bits per heavy atom. The molecule has 0 bridgehead atoms. The van der Waals surface area contributed by atoms with Gasteiger partial charge in [0, 0.05) is 5.70 Å². The summed E-state index contributed by atoms with van der Waals surface area (Å²) in [5.74, 6) is -1.56. The van der Waals surface area contributed by atoms with Crippen molar-refractivity contribution in [1.29, 1.82) is 0 Å². The van der Waals surface area contributed by atoms with Crippen LogP contribution in [0.4, 0.5) is 0 Å². The SMILES string of the molecule is C=C/C=C\C=C(/C=C)N1CNC(=O)C(=CC=CC=Cc2c(O)n(-c3ccccc3)c(=O)[nH]c2=O)C1=O. The van der Waals surface area contributed by atoms with Gasteiger partial charge in [-0.15, -0.1) is 0 Å². The zero-order valence-corrected chi connectivity index (χ0v) is 19.3. The first-order chi connectivity index (χ1) is 17.4. The van der Waals surface area contributed by atoms with E-state index in [1.165, 1.54) is 41.4 Å². The third kappa shape index (κ3) is 5.65. The minimum absolute atomic E-state index is 0.00240. The third-order valence-corrected chi connectivity index (χ3v) is 5.04. The molecule has 1 saturated heterocycles. The average molecular weight is 485 g/mol. The van der Waals surface area contributed by atoms with E-state index in [-0.39, 0.29) is 17.8 Å². The molecule has 9 nitrogen and oxygen atoms in total. The van der Waals surface area contributed by atoms with Gasteiger partial charge in [-0.3, -0.25) is 24.3 Å². The van der Waals surface area contributed by atoms with Crippen LogP contribution in [0.3, 0.4) is 0 Å². The van der Waals surface area contributed by atoms with E-state index in [2.05, 4.69) is 23.5 Å². The fourth-order valence-electron chi connectivity index (χ4n) is 3.29. The number of nitrogens with one attached hydrogen (secondary N) is 2. The summed E-state index contributed by atoms with van der Waals surface area (Å²) in [6.07, 6.45) is 15.1. The van der Waals surface area contributed by atoms with Crippen LogP contribution in [-0.2, 0) is 9.59 Å². The van der Waals surface area contributed by atoms with Gasteiger partial charge >= 0.3 is 5.69 Å². The van der Waals surface area contributed by atoms with Gasteiger partial charge in [0.05, 0.1) is 12.4 Å². The number of rotatable bonds is 8. The summed E-state index contributed by atoms with van der Waals surface area (Å²) in [7, 11) is 0. The van der Waals surface area contributed by atoms with Crippen molar-refractivity contribution in [1.82, 2.24) is 19.8 Å². The number of H-pyrrole nitrogens is 1. The molecule has 2 aromatic rings. The van der Waals surface area contributed by atoms with Gasteiger partial charge in [0.1, 0.15) is 11.1 Å². The smallest absolute Gasteiger partial charge is 0.335 e. The number of aromatic hydroxyl groups is 1. The minimum atomic E-state index is -0.777. The first-order valence-corrected chi connectivity index (χ1v) is 10.8. The van der Waals surface area contributed by atoms with E-state index in [0.29, 0.717) is 11.4 Å². The molecular formula is C27H24N4O5. The fourth-order valence-corrected chi connectivity index (χ4v) is 3.29. The molecule has 0 radical (unpaired) electrons. The van der Waals surface area contributed by atoms with E-state index < -0.39 is 28.9 Å². The van der Waals surface area contributed by atoms with Crippen LogP contribution in [0.1, 0.15) is 5.56 Å². The van der Waals surface area contributed by atoms with Crippen LogP contribution in [0.25, 0.3) is 11.8 Å². The highest BCUT2D eigenvalue weighted by Gasteiger charge is 2.30. The number of carbonyl (C=O) groups excluding carboxylic acids is 2. The maximum atomic E-state index is 12.8. The lowest BCUT2D eigenvalue weighted by molar-refractivity contribution is -0.133. The third-order valence-electron chi connectivity index (χ3n) is 5.04. The van der Waals surface area contributed by atoms with Crippen molar-refractivity contribution in [2.45, 2.75) is 0 Å². The quantitative estimate of drug-likeness (QED) is 0.302. The first-order valence-electron chi connectivity index (χ1n) is 10.8. The van der Waals surface area contributed by atoms with Crippen molar-refractivity contribution in [2.75, 3.05) is 6.67 Å². The Labute approximate surface area is 206 Å². The number of nitrogens with zero attached hydrogens (tertiary/aromatic N) is 2. The molecule has 2 heterocycles. The number of aromatic amines is 1. The number of hydrogen-bond donors (Lipinski definition) is 3. The van der Waals surface area contributed by atoms with Crippen molar-refractivity contribution < 1.29 is 14.7 Å². The number of aromatic nitrogens is 2. The van der Waals surface area contributed by atoms with Gasteiger partial charge in [0.15, 0.2) is 0 Å². The van der Waals surface area contributed by atoms with Crippen LogP contribution >= 0.6 is 0 Å². The largest absolute Gasteiger partial charge is 0.494 e. The van der Waals surface area contributed by atoms with E-state index in [9.17, 15) is 24.3 Å². The van der Waals surface area contributed by atoms with E-state index in [1.807, 2.05) is 0 Å². The van der Waals surface area contributed by atoms with Crippen molar-refractivity contribution >= 4 is 17.9 Å². The zero-order valence-electron chi connectivity index (χ0n) is 19.3. The lowest BCUT2D eigenvalue weighted by Crippen LogP contribution is -2.49. The van der Waals surface area contributed by atoms with Gasteiger partial charge in [-0.2, -0.15) is 0 Å². The van der Waals surface area contributed by atoms with E-state index >= 15 is 0 Å². The maximum Gasteiger partial charge on any atom is 0.335 e. The molecule has 0 spiro atoms. The molecule has 0 saturated carbocycles. The Kier molecular flexibility index (Phi) is 8.34. The standard InChI is InChI=1S/C27H24N4O5/c1-3-5-8-13-19(4-2)30-18-28-23(32)21(25(30)34)16-11-7-12-17-22-24(33)29-27(36)31(26(22)35)20-14-9-6-10-15-20/h3-17,35H,1-2,18H2,(H,28,32)(H,29,33,36)/b8-5-,11-7?,17-12?,19-13+,21-16?. The van der Waals surface area contributed by atoms with Crippen molar-refractivity contribution in [3.05, 3.63) is 136 Å². The average Bonchev–Trinajstić information content (AvgIpc) is 2.86. The molecule has 0 aliphatic carbocycles. The number of para-hydroxylation sites is 1. The molecule has 3 N–H and O–H groups in total. The summed E-state index contributed by atoms with van der Waals surface area (Å²) in [6.45, 7) is 7.29. The van der Waals surface area contributed by atoms with E-state index in [1.54, 1.807) is 54.6 Å². The predicted molar refractivity (Wildman–Crippen MR) is 138 cm³/mol. The molecule has 0 atom stereocenters. The normalized spacial score (nSPS) is 15.8. The number of hydrogen-bond acceptors (Lipinski definition) is 5. The second-order valence-corrected chi connectivity index (χ2v) is 7.31. The first kappa shape index (κ1) is 25.4. The minimum Gasteiger partial charge on any atom is -0.494 e. The molecule has 36 heavy (non-hydrogen) atoms. The summed E-state index contributed by atoms with van der Waals surface area (Å²) in [5, 5.41) is 13.2. The summed E-state index contributed by atoms with van der Waals surface area (Å²) < 4.78 is 0.974. The van der Waals surface area contributed by atoms with Crippen LogP contribution in [0, 0.1) is 0 Å². The molecule has 9 heteroatoms. The van der Waals surface area contributed by atoms with Crippen LogP contribution in [0.2, 0.25) is 0 Å². The molecule has 1 aliphatic heterocycles. The molecule has 182 valence electrons. The lowest BCUT2D eigenvalue weighted by Gasteiger charge is -2.29. The summed E-state index contributed by atoms with van der Waals surface area (Å²) in [5.41, 5.74) is -0.895. The number of carbonyl (C=O) groups is 2. The van der Waals surface area contributed by atoms with Gasteiger partial charge in [-0.05, 0) is 36.4 Å². The Bertz CT molecular complexity index is 1450. The highest BCUT2D eigenvalue weighted by atomic mass is 16.3. The molecule has 0 unspecified atom stereocenters. The Hall–Kier alpha value is -5.18. The Morgan fingerprint density at radius 2 is 1.72 bits per heavy atom. The number of benzene rings is 1. The van der Waals surface area contributed by atoms with Gasteiger partial charge in [-0.25, -0.2) is 9.36 Å². The molecule has 1 aromatic heterocycles. The molecule has 2 amide bonds. The van der Waals surface area contributed by atoms with Crippen molar-refractivity contribution in [2.24, 2.45) is 0 Å². The Balaban J connectivity index is 1.84. The predicted octanol–water partition coefficient (Wildman–Crippen LogP) is 2.46. The highest BCUT2D eigenvalue weighted by Crippen LogP contribution is 2.18. The van der Waals surface area contributed by atoms with E-state index in [0.717, 1.165) is 4.57 Å². The summed E-state index contributed by atoms with van der Waals surface area (Å²) >= 11 is 0. The second-order valence-electron chi connectivity index (χ2n) is 7.31. The monoisotopic (exact) mass is 484 g/mol. The fraction of sp³-hybridized carbons (Fsp3) is 0.0370. The number of allylic oxidation sites excluding steroid dienone is 9. The zero-order chi connectivity index (χ0) is 26.1. The van der Waals surface area contributed by atoms with Crippen LogP contribution < -0.4 is 16.6 Å². The van der Waals surface area contributed by atoms with Gasteiger partial charge < -0.3 is 10.4 Å². The van der Waals surface area contributed by atoms with Gasteiger partial charge in [-0.1, -0.05) is 67.8 Å². The molecule has 1 aliphatic rings. The van der Waals surface area contributed by atoms with Gasteiger partial charge in [0.2, 0.25) is 5.88 Å². The molecular weight excluding hydrogens is 460 g/mol. The molecule has 1 fully saturated rings. The molecule has 1 aromatic carbocycles. The van der Waals surface area contributed by atoms with Crippen molar-refractivity contribution in [3.63, 3.8) is 0 Å². The Morgan fingerprint density at radius 3 is 2.42 bits per heavy atom. The highest BCUT2D eigenvalue weighted by molar-refractivity contribution is 6.20. The van der Waals surface area contributed by atoms with Crippen LogP contribution in [-0.4, -0.2) is 38.0 Å². The van der Waals surface area contributed by atoms with Crippen LogP contribution in [0.15, 0.2) is 119 Å². The van der Waals surface area contributed by atoms with Gasteiger partial charge in [0.25, 0.3) is 17.4 Å². The summed E-state index contributed by atoms with van der Waals surface area (Å²) in [4.78, 5) is 53.0.